The molecular weight excluding hydrogens is 334 g/mol. The summed E-state index contributed by atoms with van der Waals surface area (Å²) in [6.45, 7) is 3.33. The van der Waals surface area contributed by atoms with Crippen LogP contribution < -0.4 is 4.90 Å². The number of aromatic amines is 1. The Labute approximate surface area is 151 Å². The van der Waals surface area contributed by atoms with Gasteiger partial charge in [0, 0.05) is 29.2 Å². The summed E-state index contributed by atoms with van der Waals surface area (Å²) in [4.78, 5) is 5.54. The van der Waals surface area contributed by atoms with E-state index in [1.165, 1.54) is 18.2 Å². The minimum Gasteiger partial charge on any atom is -0.374 e. The Hall–Kier alpha value is -2.66. The van der Waals surface area contributed by atoms with Crippen molar-refractivity contribution in [3.05, 3.63) is 78.0 Å². The lowest BCUT2D eigenvalue weighted by molar-refractivity contribution is 0.0222. The molecule has 4 rings (SSSR count). The number of nitrogens with zero attached hydrogens (tertiary/aromatic N) is 1. The van der Waals surface area contributed by atoms with E-state index in [1.807, 2.05) is 25.1 Å². The van der Waals surface area contributed by atoms with Crippen molar-refractivity contribution in [3.8, 4) is 11.3 Å². The molecule has 0 amide bonds. The Morgan fingerprint density at radius 2 is 1.77 bits per heavy atom. The van der Waals surface area contributed by atoms with E-state index in [0.29, 0.717) is 18.7 Å². The zero-order valence-corrected chi connectivity index (χ0v) is 14.5. The van der Waals surface area contributed by atoms with E-state index in [-0.39, 0.29) is 23.8 Å². The van der Waals surface area contributed by atoms with Gasteiger partial charge in [-0.1, -0.05) is 12.1 Å². The van der Waals surface area contributed by atoms with Gasteiger partial charge in [-0.15, -0.1) is 0 Å². The zero-order valence-electron chi connectivity index (χ0n) is 14.5. The molecule has 1 aliphatic heterocycles. The first kappa shape index (κ1) is 16.8. The van der Waals surface area contributed by atoms with Crippen molar-refractivity contribution in [2.75, 3.05) is 18.1 Å². The van der Waals surface area contributed by atoms with E-state index in [2.05, 4.69) is 9.88 Å². The third-order valence-electron chi connectivity index (χ3n) is 4.84. The third-order valence-corrected chi connectivity index (χ3v) is 4.84. The largest absolute Gasteiger partial charge is 0.374 e. The number of halogens is 2. The van der Waals surface area contributed by atoms with Gasteiger partial charge in [0.1, 0.15) is 11.6 Å². The number of hydrogen-bond donors (Lipinski definition) is 1. The molecule has 1 N–H and O–H groups in total. The fraction of sp³-hybridized carbons (Fsp3) is 0.238. The van der Waals surface area contributed by atoms with Crippen molar-refractivity contribution in [2.24, 2.45) is 0 Å². The fourth-order valence-electron chi connectivity index (χ4n) is 3.58. The number of hydrogen-bond acceptors (Lipinski definition) is 2. The standard InChI is InChI=1S/C21H20F2N2O/c1-14-21(25(12-13-26-14)16-8-6-15(22)7-9-16)20-11-10-19(24-20)17-4-2-3-5-18(17)23/h2-11,14,21,24H,12-13H2,1H3. The molecule has 0 radical (unpaired) electrons. The van der Waals surface area contributed by atoms with Crippen molar-refractivity contribution in [1.82, 2.24) is 4.98 Å². The minimum absolute atomic E-state index is 0.0547. The highest BCUT2D eigenvalue weighted by molar-refractivity contribution is 5.61. The summed E-state index contributed by atoms with van der Waals surface area (Å²) in [5.41, 5.74) is 3.15. The van der Waals surface area contributed by atoms with Crippen LogP contribution in [0.3, 0.4) is 0 Å². The quantitative estimate of drug-likeness (QED) is 0.723. The number of aromatic nitrogens is 1. The van der Waals surface area contributed by atoms with Gasteiger partial charge < -0.3 is 14.6 Å². The molecule has 2 aromatic carbocycles. The molecule has 0 bridgehead atoms. The molecule has 26 heavy (non-hydrogen) atoms. The van der Waals surface area contributed by atoms with Crippen LogP contribution in [0.2, 0.25) is 0 Å². The van der Waals surface area contributed by atoms with Gasteiger partial charge in [-0.05, 0) is 55.5 Å². The first-order valence-corrected chi connectivity index (χ1v) is 8.71. The Kier molecular flexibility index (Phi) is 4.47. The molecule has 1 fully saturated rings. The van der Waals surface area contributed by atoms with Gasteiger partial charge in [-0.2, -0.15) is 0 Å². The molecule has 5 heteroatoms. The summed E-state index contributed by atoms with van der Waals surface area (Å²) in [6, 6.07) is 17.0. The Balaban J connectivity index is 1.69. The fourth-order valence-corrected chi connectivity index (χ4v) is 3.58. The topological polar surface area (TPSA) is 28.3 Å². The maximum absolute atomic E-state index is 14.1. The number of ether oxygens (including phenoxy) is 1. The van der Waals surface area contributed by atoms with E-state index < -0.39 is 0 Å². The van der Waals surface area contributed by atoms with Crippen LogP contribution in [0.4, 0.5) is 14.5 Å². The van der Waals surface area contributed by atoms with E-state index in [4.69, 9.17) is 4.74 Å². The third kappa shape index (κ3) is 3.10. The highest BCUT2D eigenvalue weighted by atomic mass is 19.1. The van der Waals surface area contributed by atoms with Crippen LogP contribution in [-0.2, 0) is 4.74 Å². The Bertz CT molecular complexity index is 891. The molecular formula is C21H20F2N2O. The van der Waals surface area contributed by atoms with E-state index in [9.17, 15) is 8.78 Å². The monoisotopic (exact) mass is 354 g/mol. The summed E-state index contributed by atoms with van der Waals surface area (Å²) in [7, 11) is 0. The summed E-state index contributed by atoms with van der Waals surface area (Å²) in [6.07, 6.45) is -0.0547. The molecule has 3 aromatic rings. The Morgan fingerprint density at radius 3 is 2.54 bits per heavy atom. The zero-order chi connectivity index (χ0) is 18.1. The summed E-state index contributed by atoms with van der Waals surface area (Å²) in [5.74, 6) is -0.516. The maximum atomic E-state index is 14.1. The molecule has 1 aliphatic rings. The van der Waals surface area contributed by atoms with Crippen LogP contribution in [0.5, 0.6) is 0 Å². The first-order valence-electron chi connectivity index (χ1n) is 8.71. The van der Waals surface area contributed by atoms with E-state index in [0.717, 1.165) is 17.1 Å². The molecule has 134 valence electrons. The summed E-state index contributed by atoms with van der Waals surface area (Å²) >= 11 is 0. The van der Waals surface area contributed by atoms with E-state index in [1.54, 1.807) is 24.3 Å². The average Bonchev–Trinajstić information content (AvgIpc) is 3.12. The van der Waals surface area contributed by atoms with Crippen molar-refractivity contribution >= 4 is 5.69 Å². The van der Waals surface area contributed by atoms with Crippen molar-refractivity contribution < 1.29 is 13.5 Å². The number of benzene rings is 2. The molecule has 3 nitrogen and oxygen atoms in total. The van der Waals surface area contributed by atoms with Gasteiger partial charge in [0.15, 0.2) is 0 Å². The van der Waals surface area contributed by atoms with Crippen molar-refractivity contribution in [1.29, 1.82) is 0 Å². The first-order chi connectivity index (χ1) is 12.6. The van der Waals surface area contributed by atoms with Crippen LogP contribution in [-0.4, -0.2) is 24.2 Å². The second-order valence-corrected chi connectivity index (χ2v) is 6.50. The van der Waals surface area contributed by atoms with Crippen molar-refractivity contribution in [3.63, 3.8) is 0 Å². The number of rotatable bonds is 3. The lowest BCUT2D eigenvalue weighted by Gasteiger charge is -2.41. The van der Waals surface area contributed by atoms with Gasteiger partial charge >= 0.3 is 0 Å². The maximum Gasteiger partial charge on any atom is 0.132 e. The smallest absolute Gasteiger partial charge is 0.132 e. The van der Waals surface area contributed by atoms with Crippen molar-refractivity contribution in [2.45, 2.75) is 19.1 Å². The Morgan fingerprint density at radius 1 is 1.00 bits per heavy atom. The second-order valence-electron chi connectivity index (χ2n) is 6.50. The van der Waals surface area contributed by atoms with Crippen LogP contribution in [0, 0.1) is 11.6 Å². The van der Waals surface area contributed by atoms with Crippen LogP contribution in [0.25, 0.3) is 11.3 Å². The lowest BCUT2D eigenvalue weighted by Crippen LogP contribution is -2.44. The summed E-state index contributed by atoms with van der Waals surface area (Å²) in [5, 5.41) is 0. The van der Waals surface area contributed by atoms with Gasteiger partial charge in [0.05, 0.1) is 18.8 Å². The molecule has 0 spiro atoms. The molecule has 2 unspecified atom stereocenters. The lowest BCUT2D eigenvalue weighted by atomic mass is 10.0. The molecule has 1 saturated heterocycles. The second kappa shape index (κ2) is 6.92. The van der Waals surface area contributed by atoms with Gasteiger partial charge in [0.2, 0.25) is 0 Å². The molecule has 0 aliphatic carbocycles. The predicted molar refractivity (Wildman–Crippen MR) is 98.1 cm³/mol. The van der Waals surface area contributed by atoms with Gasteiger partial charge in [0.25, 0.3) is 0 Å². The van der Waals surface area contributed by atoms with Crippen LogP contribution >= 0.6 is 0 Å². The number of nitrogens with one attached hydrogen (secondary N) is 1. The average molecular weight is 354 g/mol. The molecule has 0 saturated carbocycles. The van der Waals surface area contributed by atoms with Gasteiger partial charge in [-0.3, -0.25) is 0 Å². The van der Waals surface area contributed by atoms with Crippen LogP contribution in [0.1, 0.15) is 18.7 Å². The number of anilines is 1. The molecule has 2 atom stereocenters. The predicted octanol–water partition coefficient (Wildman–Crippen LogP) is 4.93. The molecule has 2 heterocycles. The van der Waals surface area contributed by atoms with Crippen LogP contribution in [0.15, 0.2) is 60.7 Å². The number of H-pyrrole nitrogens is 1. The highest BCUT2D eigenvalue weighted by Crippen LogP contribution is 2.35. The summed E-state index contributed by atoms with van der Waals surface area (Å²) < 4.78 is 33.2. The minimum atomic E-state index is -0.260. The van der Waals surface area contributed by atoms with Gasteiger partial charge in [-0.25, -0.2) is 8.78 Å². The normalized spacial score (nSPS) is 20.3. The van der Waals surface area contributed by atoms with E-state index >= 15 is 0 Å². The molecule has 1 aromatic heterocycles. The number of morpholine rings is 1. The SMILES string of the molecule is CC1OCCN(c2ccc(F)cc2)C1c1ccc(-c2ccccc2F)[nH]1. The highest BCUT2D eigenvalue weighted by Gasteiger charge is 2.32.